The molecule has 0 saturated heterocycles. The lowest BCUT2D eigenvalue weighted by atomic mass is 9.95. The van der Waals surface area contributed by atoms with E-state index in [0.29, 0.717) is 10.5 Å². The SMILES string of the molecule is Cc1ccc(S(N)(=O)=O)c2c1CCN(C(=O)C(F)(F)F)C2. The summed E-state index contributed by atoms with van der Waals surface area (Å²) in [5.74, 6) is -1.98. The van der Waals surface area contributed by atoms with Gasteiger partial charge in [-0.3, -0.25) is 4.79 Å². The highest BCUT2D eigenvalue weighted by Gasteiger charge is 2.43. The Bertz CT molecular complexity index is 698. The first-order valence-corrected chi connectivity index (χ1v) is 7.56. The molecule has 1 heterocycles. The van der Waals surface area contributed by atoms with Crippen LogP contribution < -0.4 is 5.14 Å². The predicted octanol–water partition coefficient (Wildman–Crippen LogP) is 1.09. The fourth-order valence-electron chi connectivity index (χ4n) is 2.45. The van der Waals surface area contributed by atoms with E-state index in [0.717, 1.165) is 5.56 Å². The Balaban J connectivity index is 2.49. The zero-order chi connectivity index (χ0) is 16.0. The monoisotopic (exact) mass is 322 g/mol. The number of rotatable bonds is 1. The van der Waals surface area contributed by atoms with Gasteiger partial charge in [0.05, 0.1) is 4.90 Å². The molecule has 9 heteroatoms. The van der Waals surface area contributed by atoms with Crippen molar-refractivity contribution in [3.63, 3.8) is 0 Å². The summed E-state index contributed by atoms with van der Waals surface area (Å²) >= 11 is 0. The number of hydrogen-bond acceptors (Lipinski definition) is 3. The van der Waals surface area contributed by atoms with Gasteiger partial charge in [-0.05, 0) is 36.1 Å². The van der Waals surface area contributed by atoms with Gasteiger partial charge in [-0.25, -0.2) is 13.6 Å². The second-order valence-corrected chi connectivity index (χ2v) is 6.39. The van der Waals surface area contributed by atoms with E-state index < -0.39 is 28.7 Å². The first-order valence-electron chi connectivity index (χ1n) is 6.02. The van der Waals surface area contributed by atoms with E-state index in [2.05, 4.69) is 0 Å². The van der Waals surface area contributed by atoms with Crippen molar-refractivity contribution in [2.45, 2.75) is 31.0 Å². The number of primary sulfonamides is 1. The highest BCUT2D eigenvalue weighted by molar-refractivity contribution is 7.89. The van der Waals surface area contributed by atoms with Crippen LogP contribution in [0.4, 0.5) is 13.2 Å². The molecule has 0 radical (unpaired) electrons. The maximum absolute atomic E-state index is 12.5. The minimum atomic E-state index is -4.98. The Morgan fingerprint density at radius 3 is 2.43 bits per heavy atom. The van der Waals surface area contributed by atoms with Crippen LogP contribution in [-0.2, 0) is 27.8 Å². The number of benzene rings is 1. The predicted molar refractivity (Wildman–Crippen MR) is 67.7 cm³/mol. The molecule has 0 bridgehead atoms. The van der Waals surface area contributed by atoms with Gasteiger partial charge < -0.3 is 4.90 Å². The van der Waals surface area contributed by atoms with Crippen molar-refractivity contribution in [1.29, 1.82) is 0 Å². The molecule has 0 unspecified atom stereocenters. The van der Waals surface area contributed by atoms with Crippen molar-refractivity contribution in [3.05, 3.63) is 28.8 Å². The highest BCUT2D eigenvalue weighted by Crippen LogP contribution is 2.30. The summed E-state index contributed by atoms with van der Waals surface area (Å²) in [6, 6.07) is 2.81. The maximum atomic E-state index is 12.5. The molecule has 1 aliphatic rings. The average Bonchev–Trinajstić information content (AvgIpc) is 2.35. The van der Waals surface area contributed by atoms with Gasteiger partial charge in [-0.1, -0.05) is 6.07 Å². The molecule has 1 aromatic carbocycles. The summed E-state index contributed by atoms with van der Waals surface area (Å²) in [5.41, 5.74) is 1.56. The van der Waals surface area contributed by atoms with E-state index >= 15 is 0 Å². The second kappa shape index (κ2) is 4.99. The van der Waals surface area contributed by atoms with Crippen LogP contribution in [0.1, 0.15) is 16.7 Å². The number of aryl methyl sites for hydroxylation is 1. The van der Waals surface area contributed by atoms with Gasteiger partial charge in [0.2, 0.25) is 10.0 Å². The minimum absolute atomic E-state index is 0.111. The van der Waals surface area contributed by atoms with E-state index in [1.165, 1.54) is 6.07 Å². The van der Waals surface area contributed by atoms with Gasteiger partial charge in [-0.2, -0.15) is 13.2 Å². The van der Waals surface area contributed by atoms with Crippen LogP contribution in [0.25, 0.3) is 0 Å². The van der Waals surface area contributed by atoms with Crippen LogP contribution in [0.2, 0.25) is 0 Å². The Morgan fingerprint density at radius 1 is 1.29 bits per heavy atom. The van der Waals surface area contributed by atoms with E-state index in [9.17, 15) is 26.4 Å². The van der Waals surface area contributed by atoms with Crippen LogP contribution in [0.5, 0.6) is 0 Å². The quantitative estimate of drug-likeness (QED) is 0.840. The molecule has 116 valence electrons. The third-order valence-electron chi connectivity index (χ3n) is 3.44. The molecule has 5 nitrogen and oxygen atoms in total. The molecule has 0 atom stereocenters. The molecule has 0 spiro atoms. The Hall–Kier alpha value is -1.61. The van der Waals surface area contributed by atoms with Gasteiger partial charge in [0.25, 0.3) is 0 Å². The van der Waals surface area contributed by atoms with Gasteiger partial charge in [0.15, 0.2) is 0 Å². The molecule has 2 N–H and O–H groups in total. The van der Waals surface area contributed by atoms with Crippen molar-refractivity contribution in [2.75, 3.05) is 6.54 Å². The number of carbonyl (C=O) groups is 1. The molecular weight excluding hydrogens is 309 g/mol. The van der Waals surface area contributed by atoms with Gasteiger partial charge in [0, 0.05) is 13.1 Å². The third kappa shape index (κ3) is 3.03. The number of nitrogens with zero attached hydrogens (tertiary/aromatic N) is 1. The average molecular weight is 322 g/mol. The van der Waals surface area contributed by atoms with Gasteiger partial charge >= 0.3 is 12.1 Å². The summed E-state index contributed by atoms with van der Waals surface area (Å²) in [6.45, 7) is 1.20. The summed E-state index contributed by atoms with van der Waals surface area (Å²) in [7, 11) is -4.06. The van der Waals surface area contributed by atoms with Crippen LogP contribution in [0.3, 0.4) is 0 Å². The third-order valence-corrected chi connectivity index (χ3v) is 4.43. The first-order chi connectivity index (χ1) is 9.51. The molecular formula is C12H13F3N2O3S. The van der Waals surface area contributed by atoms with E-state index in [4.69, 9.17) is 5.14 Å². The number of amides is 1. The highest BCUT2D eigenvalue weighted by atomic mass is 32.2. The van der Waals surface area contributed by atoms with E-state index in [-0.39, 0.29) is 23.4 Å². The second-order valence-electron chi connectivity index (χ2n) is 4.86. The normalized spacial score (nSPS) is 15.8. The smallest absolute Gasteiger partial charge is 0.330 e. The van der Waals surface area contributed by atoms with Crippen LogP contribution in [0, 0.1) is 6.92 Å². The standard InChI is InChI=1S/C12H13F3N2O3S/c1-7-2-3-10(21(16,19)20)9-6-17(5-4-8(7)9)11(18)12(13,14)15/h2-3H,4-6H2,1H3,(H2,16,19,20). The summed E-state index contributed by atoms with van der Waals surface area (Å²) in [5, 5.41) is 5.08. The fraction of sp³-hybridized carbons (Fsp3) is 0.417. The fourth-order valence-corrected chi connectivity index (χ4v) is 3.23. The van der Waals surface area contributed by atoms with Crippen LogP contribution in [-0.4, -0.2) is 31.9 Å². The molecule has 0 fully saturated rings. The Labute approximate surface area is 119 Å². The van der Waals surface area contributed by atoms with Crippen molar-refractivity contribution in [3.8, 4) is 0 Å². The Kier molecular flexibility index (Phi) is 3.75. The number of alkyl halides is 3. The number of hydrogen-bond donors (Lipinski definition) is 1. The van der Waals surface area contributed by atoms with Crippen molar-refractivity contribution >= 4 is 15.9 Å². The zero-order valence-electron chi connectivity index (χ0n) is 11.1. The van der Waals surface area contributed by atoms with Crippen molar-refractivity contribution < 1.29 is 26.4 Å². The molecule has 1 amide bonds. The van der Waals surface area contributed by atoms with Gasteiger partial charge in [-0.15, -0.1) is 0 Å². The number of halogens is 3. The summed E-state index contributed by atoms with van der Waals surface area (Å²) in [4.78, 5) is 11.7. The number of sulfonamides is 1. The largest absolute Gasteiger partial charge is 0.471 e. The van der Waals surface area contributed by atoms with E-state index in [1.54, 1.807) is 13.0 Å². The number of nitrogens with two attached hydrogens (primary N) is 1. The zero-order valence-corrected chi connectivity index (χ0v) is 11.9. The molecule has 21 heavy (non-hydrogen) atoms. The lowest BCUT2D eigenvalue weighted by Gasteiger charge is -2.31. The number of fused-ring (bicyclic) bond motifs is 1. The van der Waals surface area contributed by atoms with Crippen molar-refractivity contribution in [1.82, 2.24) is 4.90 Å². The van der Waals surface area contributed by atoms with Gasteiger partial charge in [0.1, 0.15) is 0 Å². The summed E-state index contributed by atoms with van der Waals surface area (Å²) in [6.07, 6.45) is -4.82. The lowest BCUT2D eigenvalue weighted by molar-refractivity contribution is -0.186. The van der Waals surface area contributed by atoms with Crippen LogP contribution in [0.15, 0.2) is 17.0 Å². The lowest BCUT2D eigenvalue weighted by Crippen LogP contribution is -2.44. The van der Waals surface area contributed by atoms with Crippen molar-refractivity contribution in [2.24, 2.45) is 5.14 Å². The molecule has 1 aromatic rings. The maximum Gasteiger partial charge on any atom is 0.471 e. The van der Waals surface area contributed by atoms with E-state index in [1.807, 2.05) is 0 Å². The summed E-state index contributed by atoms with van der Waals surface area (Å²) < 4.78 is 60.6. The minimum Gasteiger partial charge on any atom is -0.330 e. The molecule has 2 rings (SSSR count). The Morgan fingerprint density at radius 2 is 1.90 bits per heavy atom. The molecule has 0 saturated carbocycles. The molecule has 0 aliphatic carbocycles. The van der Waals surface area contributed by atoms with Crippen LogP contribution >= 0.6 is 0 Å². The number of carbonyl (C=O) groups excluding carboxylic acids is 1. The molecule has 1 aliphatic heterocycles. The first kappa shape index (κ1) is 15.8. The topological polar surface area (TPSA) is 80.5 Å². The molecule has 0 aromatic heterocycles.